The molecule has 0 aromatic heterocycles. The third kappa shape index (κ3) is 4.77. The molecular formula is C8H19N2. The van der Waals surface area contributed by atoms with E-state index in [1.54, 1.807) is 0 Å². The van der Waals surface area contributed by atoms with Crippen molar-refractivity contribution in [1.29, 1.82) is 0 Å². The highest BCUT2D eigenvalue weighted by molar-refractivity contribution is 4.67. The van der Waals surface area contributed by atoms with Crippen LogP contribution in [0.4, 0.5) is 0 Å². The third-order valence-corrected chi connectivity index (χ3v) is 1.69. The van der Waals surface area contributed by atoms with Gasteiger partial charge in [0, 0.05) is 6.04 Å². The molecule has 0 bridgehead atoms. The Kier molecular flexibility index (Phi) is 5.64. The molecule has 0 heterocycles. The van der Waals surface area contributed by atoms with Crippen molar-refractivity contribution in [1.82, 2.24) is 10.2 Å². The second-order valence-electron chi connectivity index (χ2n) is 2.86. The number of nitrogens with one attached hydrogen (secondary N) is 1. The van der Waals surface area contributed by atoms with Crippen LogP contribution < -0.4 is 5.32 Å². The fourth-order valence-electron chi connectivity index (χ4n) is 0.773. The van der Waals surface area contributed by atoms with Gasteiger partial charge >= 0.3 is 0 Å². The Hall–Kier alpha value is -0.0800. The Morgan fingerprint density at radius 3 is 2.50 bits per heavy atom. The average molecular weight is 143 g/mol. The molecule has 10 heavy (non-hydrogen) atoms. The number of hydrogen-bond donors (Lipinski definition) is 1. The van der Waals surface area contributed by atoms with E-state index in [4.69, 9.17) is 0 Å². The Morgan fingerprint density at radius 2 is 2.10 bits per heavy atom. The summed E-state index contributed by atoms with van der Waals surface area (Å²) in [6.45, 7) is 5.10. The summed E-state index contributed by atoms with van der Waals surface area (Å²) in [6.07, 6.45) is 2.39. The van der Waals surface area contributed by atoms with Gasteiger partial charge in [0.1, 0.15) is 0 Å². The molecule has 2 nitrogen and oxygen atoms in total. The maximum absolute atomic E-state index is 4.01. The lowest BCUT2D eigenvalue weighted by Gasteiger charge is -2.18. The number of nitrogens with zero attached hydrogens (tertiary/aromatic N) is 1. The number of hydrogen-bond acceptors (Lipinski definition) is 2. The minimum absolute atomic E-state index is 0.466. The summed E-state index contributed by atoms with van der Waals surface area (Å²) in [5.41, 5.74) is 0. The average Bonchev–Trinajstić information content (AvgIpc) is 1.88. The Balaban J connectivity index is 3.13. The maximum atomic E-state index is 4.01. The summed E-state index contributed by atoms with van der Waals surface area (Å²) in [6, 6.07) is 0.466. The van der Waals surface area contributed by atoms with Crippen LogP contribution in [0.2, 0.25) is 0 Å². The summed E-state index contributed by atoms with van der Waals surface area (Å²) < 4.78 is 0. The van der Waals surface area contributed by atoms with Crippen LogP contribution in [0.15, 0.2) is 0 Å². The first kappa shape index (κ1) is 9.92. The maximum Gasteiger partial charge on any atom is 0.00902 e. The van der Waals surface area contributed by atoms with Crippen molar-refractivity contribution in [3.05, 3.63) is 6.92 Å². The third-order valence-electron chi connectivity index (χ3n) is 1.69. The molecule has 0 aliphatic heterocycles. The smallest absolute Gasteiger partial charge is 0.00902 e. The SMILES string of the molecule is [CH2]C(CCCNC)N(C)C. The summed E-state index contributed by atoms with van der Waals surface area (Å²) in [5.74, 6) is 0. The lowest BCUT2D eigenvalue weighted by molar-refractivity contribution is 0.320. The van der Waals surface area contributed by atoms with Gasteiger partial charge in [0.15, 0.2) is 0 Å². The van der Waals surface area contributed by atoms with Gasteiger partial charge in [-0.3, -0.25) is 0 Å². The van der Waals surface area contributed by atoms with E-state index in [1.807, 2.05) is 7.05 Å². The van der Waals surface area contributed by atoms with E-state index in [1.165, 1.54) is 12.8 Å². The van der Waals surface area contributed by atoms with Crippen LogP contribution in [-0.4, -0.2) is 38.6 Å². The molecule has 0 aromatic rings. The summed E-state index contributed by atoms with van der Waals surface area (Å²) in [7, 11) is 6.11. The van der Waals surface area contributed by atoms with Crippen LogP contribution in [0.5, 0.6) is 0 Å². The molecule has 0 amide bonds. The highest BCUT2D eigenvalue weighted by atomic mass is 15.1. The Bertz CT molecular complexity index is 71.7. The van der Waals surface area contributed by atoms with Crippen LogP contribution in [0, 0.1) is 6.92 Å². The summed E-state index contributed by atoms with van der Waals surface area (Å²) in [4.78, 5) is 2.15. The zero-order valence-corrected chi connectivity index (χ0v) is 7.35. The van der Waals surface area contributed by atoms with Crippen LogP contribution in [0.25, 0.3) is 0 Å². The largest absolute Gasteiger partial charge is 0.320 e. The molecule has 1 radical (unpaired) electrons. The van der Waals surface area contributed by atoms with Crippen molar-refractivity contribution < 1.29 is 0 Å². The normalized spacial score (nSPS) is 14.1. The van der Waals surface area contributed by atoms with Gasteiger partial charge in [-0.1, -0.05) is 0 Å². The highest BCUT2D eigenvalue weighted by Gasteiger charge is 2.01. The molecule has 0 aliphatic carbocycles. The van der Waals surface area contributed by atoms with Crippen molar-refractivity contribution in [2.24, 2.45) is 0 Å². The lowest BCUT2D eigenvalue weighted by atomic mass is 10.2. The minimum atomic E-state index is 0.466. The van der Waals surface area contributed by atoms with E-state index in [-0.39, 0.29) is 0 Å². The highest BCUT2D eigenvalue weighted by Crippen LogP contribution is 1.99. The minimum Gasteiger partial charge on any atom is -0.320 e. The second kappa shape index (κ2) is 5.69. The molecule has 0 spiro atoms. The summed E-state index contributed by atoms with van der Waals surface area (Å²) in [5, 5.41) is 3.12. The van der Waals surface area contributed by atoms with Gasteiger partial charge in [0.05, 0.1) is 0 Å². The fourth-order valence-corrected chi connectivity index (χ4v) is 0.773. The van der Waals surface area contributed by atoms with Crippen molar-refractivity contribution in [3.63, 3.8) is 0 Å². The van der Waals surface area contributed by atoms with Gasteiger partial charge in [-0.2, -0.15) is 0 Å². The molecular weight excluding hydrogens is 124 g/mol. The van der Waals surface area contributed by atoms with Gasteiger partial charge in [-0.25, -0.2) is 0 Å². The predicted molar refractivity (Wildman–Crippen MR) is 46.0 cm³/mol. The lowest BCUT2D eigenvalue weighted by Crippen LogP contribution is -2.25. The van der Waals surface area contributed by atoms with Crippen molar-refractivity contribution in [2.75, 3.05) is 27.7 Å². The second-order valence-corrected chi connectivity index (χ2v) is 2.86. The molecule has 0 aromatic carbocycles. The monoisotopic (exact) mass is 143 g/mol. The van der Waals surface area contributed by atoms with Crippen LogP contribution in [-0.2, 0) is 0 Å². The molecule has 0 fully saturated rings. The van der Waals surface area contributed by atoms with Crippen molar-refractivity contribution >= 4 is 0 Å². The van der Waals surface area contributed by atoms with Gasteiger partial charge in [0.25, 0.3) is 0 Å². The quantitative estimate of drug-likeness (QED) is 0.571. The zero-order valence-electron chi connectivity index (χ0n) is 7.35. The van der Waals surface area contributed by atoms with Crippen LogP contribution >= 0.6 is 0 Å². The fraction of sp³-hybridized carbons (Fsp3) is 0.875. The molecule has 0 saturated carbocycles. The standard InChI is InChI=1S/C8H19N2/c1-8(10(3)4)6-5-7-9-2/h8-9H,1,5-7H2,2-4H3. The topological polar surface area (TPSA) is 15.3 Å². The van der Waals surface area contributed by atoms with Crippen LogP contribution in [0.3, 0.4) is 0 Å². The zero-order chi connectivity index (χ0) is 7.98. The Morgan fingerprint density at radius 1 is 1.50 bits per heavy atom. The molecule has 1 atom stereocenters. The van der Waals surface area contributed by atoms with Gasteiger partial charge in [-0.05, 0) is 47.5 Å². The summed E-state index contributed by atoms with van der Waals surface area (Å²) >= 11 is 0. The molecule has 0 rings (SSSR count). The first-order valence-corrected chi connectivity index (χ1v) is 3.82. The molecule has 0 aliphatic rings. The molecule has 0 saturated heterocycles. The van der Waals surface area contributed by atoms with Crippen LogP contribution in [0.1, 0.15) is 12.8 Å². The van der Waals surface area contributed by atoms with E-state index in [2.05, 4.69) is 31.2 Å². The molecule has 1 unspecified atom stereocenters. The van der Waals surface area contributed by atoms with E-state index >= 15 is 0 Å². The van der Waals surface area contributed by atoms with Gasteiger partial charge < -0.3 is 10.2 Å². The van der Waals surface area contributed by atoms with Gasteiger partial charge in [0.2, 0.25) is 0 Å². The van der Waals surface area contributed by atoms with E-state index in [9.17, 15) is 0 Å². The number of rotatable bonds is 5. The first-order valence-electron chi connectivity index (χ1n) is 3.82. The van der Waals surface area contributed by atoms with Gasteiger partial charge in [-0.15, -0.1) is 0 Å². The first-order chi connectivity index (χ1) is 4.68. The molecule has 2 heteroatoms. The van der Waals surface area contributed by atoms with E-state index in [0.717, 1.165) is 6.54 Å². The Labute approximate surface area is 64.6 Å². The van der Waals surface area contributed by atoms with E-state index in [0.29, 0.717) is 6.04 Å². The predicted octanol–water partition coefficient (Wildman–Crippen LogP) is 0.750. The molecule has 61 valence electrons. The van der Waals surface area contributed by atoms with Crippen molar-refractivity contribution in [2.45, 2.75) is 18.9 Å². The molecule has 1 N–H and O–H groups in total. The van der Waals surface area contributed by atoms with E-state index < -0.39 is 0 Å². The van der Waals surface area contributed by atoms with Crippen molar-refractivity contribution in [3.8, 4) is 0 Å².